The first-order valence-corrected chi connectivity index (χ1v) is 9.92. The molecule has 3 rings (SSSR count). The topological polar surface area (TPSA) is 66.0 Å². The first kappa shape index (κ1) is 21.5. The van der Waals surface area contributed by atoms with Crippen molar-refractivity contribution in [2.45, 2.75) is 6.61 Å². The molecule has 3 aromatic rings. The van der Waals surface area contributed by atoms with Gasteiger partial charge in [-0.2, -0.15) is 0 Å². The van der Waals surface area contributed by atoms with Gasteiger partial charge in [0.1, 0.15) is 18.1 Å². The molecule has 0 bridgehead atoms. The SMILES string of the molecule is COc1ccc(NC(=O)c2cc(Br)c(OCc3ccccc3)c(OC)c2)c(OC)c1. The quantitative estimate of drug-likeness (QED) is 0.482. The maximum Gasteiger partial charge on any atom is 0.255 e. The van der Waals surface area contributed by atoms with Crippen molar-refractivity contribution in [2.24, 2.45) is 0 Å². The fourth-order valence-electron chi connectivity index (χ4n) is 2.82. The maximum absolute atomic E-state index is 12.8. The van der Waals surface area contributed by atoms with Gasteiger partial charge in [0.15, 0.2) is 11.5 Å². The highest BCUT2D eigenvalue weighted by atomic mass is 79.9. The van der Waals surface area contributed by atoms with Crippen LogP contribution in [0.4, 0.5) is 5.69 Å². The molecule has 6 nitrogen and oxygen atoms in total. The van der Waals surface area contributed by atoms with Crippen molar-refractivity contribution in [3.8, 4) is 23.0 Å². The molecule has 0 heterocycles. The van der Waals surface area contributed by atoms with Gasteiger partial charge in [-0.15, -0.1) is 0 Å². The van der Waals surface area contributed by atoms with Crippen molar-refractivity contribution in [1.82, 2.24) is 0 Å². The average Bonchev–Trinajstić information content (AvgIpc) is 2.78. The van der Waals surface area contributed by atoms with E-state index in [1.807, 2.05) is 30.3 Å². The fraction of sp³-hybridized carbons (Fsp3) is 0.174. The summed E-state index contributed by atoms with van der Waals surface area (Å²) in [5, 5.41) is 2.85. The second-order valence-corrected chi connectivity index (χ2v) is 7.14. The number of carbonyl (C=O) groups is 1. The van der Waals surface area contributed by atoms with E-state index in [-0.39, 0.29) is 5.91 Å². The molecule has 0 aromatic heterocycles. The second kappa shape index (κ2) is 10.0. The monoisotopic (exact) mass is 471 g/mol. The summed E-state index contributed by atoms with van der Waals surface area (Å²) in [6.07, 6.45) is 0. The molecule has 1 amide bonds. The molecule has 0 fully saturated rings. The van der Waals surface area contributed by atoms with Crippen LogP contribution >= 0.6 is 15.9 Å². The zero-order chi connectivity index (χ0) is 21.5. The van der Waals surface area contributed by atoms with Crippen LogP contribution in [0.25, 0.3) is 0 Å². The van der Waals surface area contributed by atoms with Crippen LogP contribution < -0.4 is 24.3 Å². The number of anilines is 1. The highest BCUT2D eigenvalue weighted by Crippen LogP contribution is 2.38. The molecule has 156 valence electrons. The summed E-state index contributed by atoms with van der Waals surface area (Å²) in [7, 11) is 4.63. The summed E-state index contributed by atoms with van der Waals surface area (Å²) < 4.78 is 22.5. The summed E-state index contributed by atoms with van der Waals surface area (Å²) in [4.78, 5) is 12.8. The molecule has 0 aliphatic heterocycles. The summed E-state index contributed by atoms with van der Waals surface area (Å²) in [6, 6.07) is 18.3. The second-order valence-electron chi connectivity index (χ2n) is 6.28. The van der Waals surface area contributed by atoms with Gasteiger partial charge in [-0.1, -0.05) is 30.3 Å². The summed E-state index contributed by atoms with van der Waals surface area (Å²) >= 11 is 3.49. The first-order chi connectivity index (χ1) is 14.5. The van der Waals surface area contributed by atoms with Crippen molar-refractivity contribution in [3.05, 3.63) is 76.3 Å². The van der Waals surface area contributed by atoms with E-state index in [2.05, 4.69) is 21.2 Å². The Morgan fingerprint density at radius 1 is 0.900 bits per heavy atom. The Hall–Kier alpha value is -3.19. The smallest absolute Gasteiger partial charge is 0.255 e. The van der Waals surface area contributed by atoms with Gasteiger partial charge in [0.05, 0.1) is 31.5 Å². The number of hydrogen-bond donors (Lipinski definition) is 1. The summed E-state index contributed by atoms with van der Waals surface area (Å²) in [6.45, 7) is 0.379. The Labute approximate surface area is 183 Å². The van der Waals surface area contributed by atoms with Crippen LogP contribution in [0.1, 0.15) is 15.9 Å². The van der Waals surface area contributed by atoms with Gasteiger partial charge in [-0.3, -0.25) is 4.79 Å². The van der Waals surface area contributed by atoms with E-state index >= 15 is 0 Å². The van der Waals surface area contributed by atoms with Crippen LogP contribution in [-0.2, 0) is 6.61 Å². The predicted octanol–water partition coefficient (Wildman–Crippen LogP) is 5.31. The average molecular weight is 472 g/mol. The van der Waals surface area contributed by atoms with Crippen molar-refractivity contribution >= 4 is 27.5 Å². The lowest BCUT2D eigenvalue weighted by Gasteiger charge is -2.15. The molecule has 0 unspecified atom stereocenters. The molecule has 1 N–H and O–H groups in total. The Balaban J connectivity index is 1.81. The molecule has 0 saturated heterocycles. The third-order valence-corrected chi connectivity index (χ3v) is 4.96. The molecule has 7 heteroatoms. The molecular weight excluding hydrogens is 450 g/mol. The number of carbonyl (C=O) groups excluding carboxylic acids is 1. The molecule has 0 atom stereocenters. The standard InChI is InChI=1S/C23H22BrNO5/c1-27-17-9-10-19(20(13-17)28-2)25-23(26)16-11-18(24)22(21(12-16)29-3)30-14-15-7-5-4-6-8-15/h4-13H,14H2,1-3H3,(H,25,26). The van der Waals surface area contributed by atoms with Crippen molar-refractivity contribution in [1.29, 1.82) is 0 Å². The number of ether oxygens (including phenoxy) is 4. The third-order valence-electron chi connectivity index (χ3n) is 4.37. The summed E-state index contributed by atoms with van der Waals surface area (Å²) in [5.41, 5.74) is 1.96. The van der Waals surface area contributed by atoms with Gasteiger partial charge >= 0.3 is 0 Å². The molecular formula is C23H22BrNO5. The predicted molar refractivity (Wildman–Crippen MR) is 119 cm³/mol. The Morgan fingerprint density at radius 2 is 1.63 bits per heavy atom. The Bertz CT molecular complexity index is 1020. The van der Waals surface area contributed by atoms with Gasteiger partial charge in [0, 0.05) is 11.6 Å². The first-order valence-electron chi connectivity index (χ1n) is 9.13. The van der Waals surface area contributed by atoms with Gasteiger partial charge in [0.2, 0.25) is 0 Å². The molecule has 0 saturated carbocycles. The minimum Gasteiger partial charge on any atom is -0.497 e. The number of benzene rings is 3. The molecule has 0 aliphatic carbocycles. The number of methoxy groups -OCH3 is 3. The van der Waals surface area contributed by atoms with Gasteiger partial charge < -0.3 is 24.3 Å². The van der Waals surface area contributed by atoms with Crippen LogP contribution in [-0.4, -0.2) is 27.2 Å². The Kier molecular flexibility index (Phi) is 7.19. The molecule has 0 spiro atoms. The molecule has 30 heavy (non-hydrogen) atoms. The molecule has 0 aliphatic rings. The fourth-order valence-corrected chi connectivity index (χ4v) is 3.37. The van der Waals surface area contributed by atoms with E-state index in [0.29, 0.717) is 45.3 Å². The van der Waals surface area contributed by atoms with Crippen LogP contribution in [0.2, 0.25) is 0 Å². The maximum atomic E-state index is 12.8. The van der Waals surface area contributed by atoms with E-state index in [1.54, 1.807) is 37.4 Å². The van der Waals surface area contributed by atoms with E-state index in [1.165, 1.54) is 14.2 Å². The van der Waals surface area contributed by atoms with E-state index in [0.717, 1.165) is 5.56 Å². The van der Waals surface area contributed by atoms with Crippen LogP contribution in [0.15, 0.2) is 65.1 Å². The van der Waals surface area contributed by atoms with Crippen LogP contribution in [0.3, 0.4) is 0 Å². The van der Waals surface area contributed by atoms with Gasteiger partial charge in [0.25, 0.3) is 5.91 Å². The lowest BCUT2D eigenvalue weighted by molar-refractivity contribution is 0.102. The number of amides is 1. The highest BCUT2D eigenvalue weighted by Gasteiger charge is 2.17. The minimum absolute atomic E-state index is 0.313. The zero-order valence-electron chi connectivity index (χ0n) is 16.9. The van der Waals surface area contributed by atoms with E-state index in [4.69, 9.17) is 18.9 Å². The molecule has 3 aromatic carbocycles. The minimum atomic E-state index is -0.313. The van der Waals surface area contributed by atoms with Crippen molar-refractivity contribution < 1.29 is 23.7 Å². The number of halogens is 1. The van der Waals surface area contributed by atoms with Gasteiger partial charge in [-0.25, -0.2) is 0 Å². The highest BCUT2D eigenvalue weighted by molar-refractivity contribution is 9.10. The van der Waals surface area contributed by atoms with Crippen molar-refractivity contribution in [2.75, 3.05) is 26.6 Å². The molecule has 0 radical (unpaired) electrons. The van der Waals surface area contributed by atoms with Crippen LogP contribution in [0.5, 0.6) is 23.0 Å². The third kappa shape index (κ3) is 5.04. The van der Waals surface area contributed by atoms with Crippen molar-refractivity contribution in [3.63, 3.8) is 0 Å². The van der Waals surface area contributed by atoms with E-state index < -0.39 is 0 Å². The zero-order valence-corrected chi connectivity index (χ0v) is 18.5. The van der Waals surface area contributed by atoms with Gasteiger partial charge in [-0.05, 0) is 45.8 Å². The summed E-state index contributed by atoms with van der Waals surface area (Å²) in [5.74, 6) is 1.80. The number of hydrogen-bond acceptors (Lipinski definition) is 5. The lowest BCUT2D eigenvalue weighted by atomic mass is 10.1. The number of rotatable bonds is 8. The largest absolute Gasteiger partial charge is 0.497 e. The number of nitrogens with one attached hydrogen (secondary N) is 1. The normalized spacial score (nSPS) is 10.3. The van der Waals surface area contributed by atoms with Crippen LogP contribution in [0, 0.1) is 0 Å². The van der Waals surface area contributed by atoms with E-state index in [9.17, 15) is 4.79 Å². The lowest BCUT2D eigenvalue weighted by Crippen LogP contribution is -2.13. The Morgan fingerprint density at radius 3 is 2.30 bits per heavy atom.